The van der Waals surface area contributed by atoms with E-state index in [0.717, 1.165) is 53.7 Å². The molecular formula is C25H28N2O4. The molecule has 3 aromatic rings. The van der Waals surface area contributed by atoms with Gasteiger partial charge in [0.05, 0.1) is 32.8 Å². The number of rotatable bonds is 7. The Labute approximate surface area is 182 Å². The molecule has 2 aromatic carbocycles. The minimum atomic E-state index is 0.128. The van der Waals surface area contributed by atoms with Crippen molar-refractivity contribution in [2.24, 2.45) is 0 Å². The van der Waals surface area contributed by atoms with E-state index >= 15 is 0 Å². The van der Waals surface area contributed by atoms with Gasteiger partial charge in [0.1, 0.15) is 17.3 Å². The quantitative estimate of drug-likeness (QED) is 0.572. The number of carbonyl (C=O) groups excluding carboxylic acids is 1. The molecule has 0 N–H and O–H groups in total. The molecule has 1 aliphatic heterocycles. The van der Waals surface area contributed by atoms with Crippen LogP contribution in [0.3, 0.4) is 0 Å². The fourth-order valence-corrected chi connectivity index (χ4v) is 4.01. The first-order valence-electron chi connectivity index (χ1n) is 10.6. The Morgan fingerprint density at radius 3 is 2.68 bits per heavy atom. The third-order valence-corrected chi connectivity index (χ3v) is 5.72. The van der Waals surface area contributed by atoms with E-state index in [1.54, 1.807) is 20.4 Å². The van der Waals surface area contributed by atoms with E-state index in [1.807, 2.05) is 53.4 Å². The van der Waals surface area contributed by atoms with Crippen molar-refractivity contribution in [1.29, 1.82) is 0 Å². The Kier molecular flexibility index (Phi) is 6.55. The molecule has 1 unspecified atom stereocenters. The van der Waals surface area contributed by atoms with Crippen LogP contribution in [0.15, 0.2) is 59.1 Å². The van der Waals surface area contributed by atoms with Crippen LogP contribution in [0.5, 0.6) is 11.5 Å². The van der Waals surface area contributed by atoms with Gasteiger partial charge in [-0.25, -0.2) is 4.98 Å². The summed E-state index contributed by atoms with van der Waals surface area (Å²) in [7, 11) is 3.29. The van der Waals surface area contributed by atoms with Gasteiger partial charge in [-0.1, -0.05) is 24.3 Å². The molecule has 162 valence electrons. The fourth-order valence-electron chi connectivity index (χ4n) is 4.01. The third kappa shape index (κ3) is 5.26. The molecule has 0 saturated carbocycles. The molecule has 6 nitrogen and oxygen atoms in total. The molecule has 0 radical (unpaired) electrons. The van der Waals surface area contributed by atoms with Gasteiger partial charge < -0.3 is 18.8 Å². The predicted octanol–water partition coefficient (Wildman–Crippen LogP) is 4.23. The number of hydrogen-bond donors (Lipinski definition) is 0. The van der Waals surface area contributed by atoms with Gasteiger partial charge in [0.15, 0.2) is 5.89 Å². The lowest BCUT2D eigenvalue weighted by Crippen LogP contribution is -2.40. The summed E-state index contributed by atoms with van der Waals surface area (Å²) in [6.45, 7) is 1.42. The summed E-state index contributed by atoms with van der Waals surface area (Å²) in [5.74, 6) is 3.42. The van der Waals surface area contributed by atoms with Gasteiger partial charge in [0.2, 0.25) is 5.91 Å². The summed E-state index contributed by atoms with van der Waals surface area (Å²) in [4.78, 5) is 19.3. The van der Waals surface area contributed by atoms with Crippen molar-refractivity contribution in [3.63, 3.8) is 0 Å². The van der Waals surface area contributed by atoms with Crippen molar-refractivity contribution in [2.75, 3.05) is 27.3 Å². The predicted molar refractivity (Wildman–Crippen MR) is 118 cm³/mol. The second-order valence-electron chi connectivity index (χ2n) is 7.90. The third-order valence-electron chi connectivity index (χ3n) is 5.72. The van der Waals surface area contributed by atoms with E-state index in [4.69, 9.17) is 13.9 Å². The molecular weight excluding hydrogens is 392 g/mol. The lowest BCUT2D eigenvalue weighted by molar-refractivity contribution is -0.131. The van der Waals surface area contributed by atoms with Crippen LogP contribution in [0.2, 0.25) is 0 Å². The van der Waals surface area contributed by atoms with Crippen molar-refractivity contribution >= 4 is 5.91 Å². The lowest BCUT2D eigenvalue weighted by Gasteiger charge is -2.31. The number of methoxy groups -OCH3 is 2. The Balaban J connectivity index is 1.37. The highest BCUT2D eigenvalue weighted by Crippen LogP contribution is 2.28. The van der Waals surface area contributed by atoms with E-state index in [1.165, 1.54) is 0 Å². The average molecular weight is 421 g/mol. The van der Waals surface area contributed by atoms with Crippen molar-refractivity contribution in [3.05, 3.63) is 77.5 Å². The van der Waals surface area contributed by atoms with Crippen molar-refractivity contribution in [3.8, 4) is 11.5 Å². The van der Waals surface area contributed by atoms with Gasteiger partial charge in [-0.15, -0.1) is 0 Å². The number of benzene rings is 2. The molecule has 1 aromatic heterocycles. The SMILES string of the molecule is COc1ccc(Cc2cnc(C3CCCN(C(=O)Cc4cccc(OC)c4)C3)o2)cc1. The molecule has 4 rings (SSSR count). The number of ether oxygens (including phenoxy) is 2. The number of hydrogen-bond acceptors (Lipinski definition) is 5. The van der Waals surface area contributed by atoms with Gasteiger partial charge in [-0.05, 0) is 48.2 Å². The summed E-state index contributed by atoms with van der Waals surface area (Å²) in [5.41, 5.74) is 2.10. The molecule has 0 bridgehead atoms. The zero-order valence-corrected chi connectivity index (χ0v) is 18.0. The molecule has 31 heavy (non-hydrogen) atoms. The number of aromatic nitrogens is 1. The van der Waals surface area contributed by atoms with Crippen LogP contribution in [0.1, 0.15) is 41.5 Å². The smallest absolute Gasteiger partial charge is 0.227 e. The van der Waals surface area contributed by atoms with E-state index in [9.17, 15) is 4.79 Å². The fraction of sp³-hybridized carbons (Fsp3) is 0.360. The maximum Gasteiger partial charge on any atom is 0.227 e. The van der Waals surface area contributed by atoms with E-state index in [2.05, 4.69) is 4.98 Å². The van der Waals surface area contributed by atoms with Crippen LogP contribution in [-0.2, 0) is 17.6 Å². The summed E-state index contributed by atoms with van der Waals surface area (Å²) in [5, 5.41) is 0. The number of oxazole rings is 1. The molecule has 6 heteroatoms. The van der Waals surface area contributed by atoms with Crippen molar-refractivity contribution in [1.82, 2.24) is 9.88 Å². The van der Waals surface area contributed by atoms with Gasteiger partial charge in [0, 0.05) is 19.5 Å². The summed E-state index contributed by atoms with van der Waals surface area (Å²) in [6, 6.07) is 15.6. The van der Waals surface area contributed by atoms with Crippen molar-refractivity contribution in [2.45, 2.75) is 31.6 Å². The Bertz CT molecular complexity index is 1010. The second kappa shape index (κ2) is 9.69. The zero-order valence-electron chi connectivity index (χ0n) is 18.0. The molecule has 2 heterocycles. The monoisotopic (exact) mass is 420 g/mol. The highest BCUT2D eigenvalue weighted by Gasteiger charge is 2.28. The number of nitrogens with zero attached hydrogens (tertiary/aromatic N) is 2. The van der Waals surface area contributed by atoms with Gasteiger partial charge in [-0.3, -0.25) is 4.79 Å². The summed E-state index contributed by atoms with van der Waals surface area (Å²) in [6.07, 6.45) is 4.78. The molecule has 1 fully saturated rings. The molecule has 1 saturated heterocycles. The summed E-state index contributed by atoms with van der Waals surface area (Å²) >= 11 is 0. The first-order valence-corrected chi connectivity index (χ1v) is 10.6. The Morgan fingerprint density at radius 2 is 1.90 bits per heavy atom. The molecule has 1 atom stereocenters. The van der Waals surface area contributed by atoms with Crippen LogP contribution in [0.4, 0.5) is 0 Å². The number of carbonyl (C=O) groups is 1. The second-order valence-corrected chi connectivity index (χ2v) is 7.90. The zero-order chi connectivity index (χ0) is 21.6. The summed E-state index contributed by atoms with van der Waals surface area (Å²) < 4.78 is 16.5. The average Bonchev–Trinajstić information content (AvgIpc) is 3.28. The highest BCUT2D eigenvalue weighted by atomic mass is 16.5. The normalized spacial score (nSPS) is 16.2. The molecule has 0 spiro atoms. The van der Waals surface area contributed by atoms with Gasteiger partial charge >= 0.3 is 0 Å². The maximum absolute atomic E-state index is 12.9. The minimum absolute atomic E-state index is 0.128. The van der Waals surface area contributed by atoms with Gasteiger partial charge in [0.25, 0.3) is 0 Å². The van der Waals surface area contributed by atoms with Crippen LogP contribution in [-0.4, -0.2) is 43.1 Å². The van der Waals surface area contributed by atoms with E-state index < -0.39 is 0 Å². The van der Waals surface area contributed by atoms with Crippen LogP contribution >= 0.6 is 0 Å². The Morgan fingerprint density at radius 1 is 1.10 bits per heavy atom. The lowest BCUT2D eigenvalue weighted by atomic mass is 9.97. The number of likely N-dealkylation sites (tertiary alicyclic amines) is 1. The molecule has 1 aliphatic rings. The highest BCUT2D eigenvalue weighted by molar-refractivity contribution is 5.79. The van der Waals surface area contributed by atoms with Crippen LogP contribution in [0, 0.1) is 0 Å². The molecule has 0 aliphatic carbocycles. The van der Waals surface area contributed by atoms with Gasteiger partial charge in [-0.2, -0.15) is 0 Å². The largest absolute Gasteiger partial charge is 0.497 e. The standard InChI is InChI=1S/C25H28N2O4/c1-29-21-10-8-18(9-11-21)13-23-16-26-25(31-23)20-6-4-12-27(17-20)24(28)15-19-5-3-7-22(14-19)30-2/h3,5,7-11,14,16,20H,4,6,12-13,15,17H2,1-2H3. The van der Waals surface area contributed by atoms with E-state index in [0.29, 0.717) is 19.4 Å². The minimum Gasteiger partial charge on any atom is -0.497 e. The Hall–Kier alpha value is -3.28. The number of amides is 1. The molecule has 1 amide bonds. The van der Waals surface area contributed by atoms with Crippen LogP contribution in [0.25, 0.3) is 0 Å². The first kappa shape index (κ1) is 21.0. The topological polar surface area (TPSA) is 64.8 Å². The van der Waals surface area contributed by atoms with Crippen LogP contribution < -0.4 is 9.47 Å². The van der Waals surface area contributed by atoms with E-state index in [-0.39, 0.29) is 11.8 Å². The van der Waals surface area contributed by atoms with Crippen molar-refractivity contribution < 1.29 is 18.7 Å². The maximum atomic E-state index is 12.9. The number of piperidine rings is 1. The first-order chi connectivity index (χ1) is 15.1.